The van der Waals surface area contributed by atoms with Gasteiger partial charge in [-0.3, -0.25) is 0 Å². The van der Waals surface area contributed by atoms with Crippen molar-refractivity contribution in [2.45, 2.75) is 57.8 Å². The van der Waals surface area contributed by atoms with Crippen molar-refractivity contribution in [3.63, 3.8) is 0 Å². The summed E-state index contributed by atoms with van der Waals surface area (Å²) in [5.74, 6) is 0.600. The van der Waals surface area contributed by atoms with Crippen LogP contribution in [-0.2, 0) is 10.2 Å². The lowest BCUT2D eigenvalue weighted by Gasteiger charge is -2.64. The Balaban J connectivity index is 1.74. The topological polar surface area (TPSA) is 39.2 Å². The number of aromatic nitrogens is 1. The third-order valence-corrected chi connectivity index (χ3v) is 7.20. The smallest absolute Gasteiger partial charge is 0.349 e. The van der Waals surface area contributed by atoms with Gasteiger partial charge in [0.1, 0.15) is 4.88 Å². The Morgan fingerprint density at radius 1 is 1.24 bits per heavy atom. The Hall–Kier alpha value is -0.900. The van der Waals surface area contributed by atoms with E-state index in [1.54, 1.807) is 17.5 Å². The summed E-state index contributed by atoms with van der Waals surface area (Å²) in [6.45, 7) is 4.94. The fourth-order valence-corrected chi connectivity index (χ4v) is 7.43. The summed E-state index contributed by atoms with van der Waals surface area (Å²) < 4.78 is 4.84. The van der Waals surface area contributed by atoms with Crippen LogP contribution in [-0.4, -0.2) is 18.1 Å². The second kappa shape index (κ2) is 4.09. The minimum Gasteiger partial charge on any atom is -0.465 e. The highest BCUT2D eigenvalue weighted by Crippen LogP contribution is 2.70. The van der Waals surface area contributed by atoms with E-state index in [1.807, 2.05) is 0 Å². The van der Waals surface area contributed by atoms with Crippen molar-refractivity contribution >= 4 is 17.3 Å². The van der Waals surface area contributed by atoms with Crippen LogP contribution in [0.4, 0.5) is 0 Å². The lowest BCUT2D eigenvalue weighted by molar-refractivity contribution is -0.110. The van der Waals surface area contributed by atoms with Crippen LogP contribution in [0.5, 0.6) is 0 Å². The number of rotatable bonds is 2. The summed E-state index contributed by atoms with van der Waals surface area (Å²) in [7, 11) is 1.44. The maximum Gasteiger partial charge on any atom is 0.349 e. The van der Waals surface area contributed by atoms with E-state index in [-0.39, 0.29) is 11.4 Å². The van der Waals surface area contributed by atoms with Gasteiger partial charge in [-0.15, -0.1) is 11.3 Å². The van der Waals surface area contributed by atoms with E-state index in [0.717, 1.165) is 5.92 Å². The second-order valence-corrected chi connectivity index (χ2v) is 9.46. The van der Waals surface area contributed by atoms with Gasteiger partial charge in [0.2, 0.25) is 0 Å². The van der Waals surface area contributed by atoms with Gasteiger partial charge in [-0.1, -0.05) is 13.8 Å². The summed E-state index contributed by atoms with van der Waals surface area (Å²) in [6, 6.07) is 0. The van der Waals surface area contributed by atoms with Crippen molar-refractivity contribution in [2.75, 3.05) is 7.11 Å². The van der Waals surface area contributed by atoms with Crippen molar-refractivity contribution in [3.05, 3.63) is 16.1 Å². The predicted octanol–water partition coefficient (Wildman–Crippen LogP) is 4.18. The molecule has 0 N–H and O–H groups in total. The first-order valence-corrected chi connectivity index (χ1v) is 8.72. The molecule has 1 aromatic rings. The molecule has 4 aliphatic rings. The molecule has 1 aromatic heterocycles. The minimum absolute atomic E-state index is 0.222. The van der Waals surface area contributed by atoms with Crippen molar-refractivity contribution in [3.8, 4) is 0 Å². The Morgan fingerprint density at radius 2 is 1.90 bits per heavy atom. The molecule has 4 fully saturated rings. The summed E-state index contributed by atoms with van der Waals surface area (Å²) in [5.41, 5.74) is 1.18. The van der Waals surface area contributed by atoms with Crippen LogP contribution in [0.25, 0.3) is 0 Å². The molecule has 0 spiro atoms. The number of methoxy groups -OCH3 is 1. The van der Waals surface area contributed by atoms with Crippen LogP contribution in [0.3, 0.4) is 0 Å². The Morgan fingerprint density at radius 3 is 2.48 bits per heavy atom. The molecule has 0 amide bonds. The van der Waals surface area contributed by atoms with E-state index in [4.69, 9.17) is 4.74 Å². The van der Waals surface area contributed by atoms with Gasteiger partial charge in [-0.2, -0.15) is 0 Å². The van der Waals surface area contributed by atoms with E-state index in [0.29, 0.717) is 15.7 Å². The minimum atomic E-state index is -0.249. The average Bonchev–Trinajstić information content (AvgIpc) is 2.83. The third kappa shape index (κ3) is 1.98. The molecule has 2 unspecified atom stereocenters. The molecule has 5 rings (SSSR count). The Labute approximate surface area is 130 Å². The molecular formula is C17H23NO2S. The molecule has 0 saturated heterocycles. The Bertz CT molecular complexity index is 590. The standard InChI is InChI=1S/C17H23NO2S/c1-15-4-11-5-16(2,8-15)10-17(6-11,9-15)14-18-7-12(21-14)13(19)20-3/h7,11H,4-6,8-10H2,1-3H3. The van der Waals surface area contributed by atoms with E-state index in [1.165, 1.54) is 50.6 Å². The van der Waals surface area contributed by atoms with Crippen LogP contribution in [0.1, 0.15) is 67.1 Å². The quantitative estimate of drug-likeness (QED) is 0.770. The zero-order valence-electron chi connectivity index (χ0n) is 13.1. The summed E-state index contributed by atoms with van der Waals surface area (Å²) in [4.78, 5) is 17.0. The second-order valence-electron chi connectivity index (χ2n) is 8.43. The van der Waals surface area contributed by atoms with Gasteiger partial charge < -0.3 is 4.74 Å². The van der Waals surface area contributed by atoms with Crippen LogP contribution in [0.2, 0.25) is 0 Å². The van der Waals surface area contributed by atoms with E-state index < -0.39 is 0 Å². The highest BCUT2D eigenvalue weighted by atomic mass is 32.1. The zero-order chi connectivity index (χ0) is 14.9. The van der Waals surface area contributed by atoms with E-state index in [9.17, 15) is 4.79 Å². The number of carbonyl (C=O) groups excluding carboxylic acids is 1. The summed E-state index contributed by atoms with van der Waals surface area (Å²) >= 11 is 1.57. The fourth-order valence-electron chi connectivity index (χ4n) is 6.40. The highest BCUT2D eigenvalue weighted by molar-refractivity contribution is 7.13. The fraction of sp³-hybridized carbons (Fsp3) is 0.765. The van der Waals surface area contributed by atoms with Gasteiger partial charge in [0.15, 0.2) is 0 Å². The molecule has 0 aliphatic heterocycles. The highest BCUT2D eigenvalue weighted by Gasteiger charge is 2.61. The van der Waals surface area contributed by atoms with Crippen LogP contribution in [0.15, 0.2) is 6.20 Å². The Kier molecular flexibility index (Phi) is 2.68. The third-order valence-electron chi connectivity index (χ3n) is 5.97. The van der Waals surface area contributed by atoms with Crippen molar-refractivity contribution in [1.29, 1.82) is 0 Å². The molecule has 0 radical (unpaired) electrons. The molecule has 4 bridgehead atoms. The number of esters is 1. The molecule has 21 heavy (non-hydrogen) atoms. The lowest BCUT2D eigenvalue weighted by atomic mass is 9.40. The number of carbonyl (C=O) groups is 1. The molecule has 4 heteroatoms. The monoisotopic (exact) mass is 305 g/mol. The molecule has 3 nitrogen and oxygen atoms in total. The van der Waals surface area contributed by atoms with Crippen LogP contribution < -0.4 is 0 Å². The largest absolute Gasteiger partial charge is 0.465 e. The molecular weight excluding hydrogens is 282 g/mol. The molecule has 1 heterocycles. The van der Waals surface area contributed by atoms with Crippen molar-refractivity contribution < 1.29 is 9.53 Å². The number of ether oxygens (including phenoxy) is 1. The van der Waals surface area contributed by atoms with Crippen molar-refractivity contribution in [1.82, 2.24) is 4.98 Å². The number of nitrogens with zero attached hydrogens (tertiary/aromatic N) is 1. The first-order chi connectivity index (χ1) is 9.85. The van der Waals surface area contributed by atoms with Gasteiger partial charge in [-0.05, 0) is 55.3 Å². The summed E-state index contributed by atoms with van der Waals surface area (Å²) in [6.07, 6.45) is 9.63. The van der Waals surface area contributed by atoms with Crippen LogP contribution in [0, 0.1) is 16.7 Å². The van der Waals surface area contributed by atoms with E-state index in [2.05, 4.69) is 18.8 Å². The SMILES string of the molecule is COC(=O)c1cnc(C23CC4CC(C)(CC(C)(C4)C2)C3)s1. The first-order valence-electron chi connectivity index (χ1n) is 7.90. The zero-order valence-corrected chi connectivity index (χ0v) is 13.9. The molecule has 0 aromatic carbocycles. The number of hydrogen-bond acceptors (Lipinski definition) is 4. The van der Waals surface area contributed by atoms with Gasteiger partial charge in [-0.25, -0.2) is 9.78 Å². The predicted molar refractivity (Wildman–Crippen MR) is 82.5 cm³/mol. The normalized spacial score (nSPS) is 44.0. The molecule has 2 atom stereocenters. The number of thiazole rings is 1. The van der Waals surface area contributed by atoms with Crippen molar-refractivity contribution in [2.24, 2.45) is 16.7 Å². The lowest BCUT2D eigenvalue weighted by Crippen LogP contribution is -2.56. The summed E-state index contributed by atoms with van der Waals surface area (Å²) in [5, 5.41) is 1.18. The van der Waals surface area contributed by atoms with Gasteiger partial charge in [0, 0.05) is 5.41 Å². The molecule has 114 valence electrons. The molecule has 4 aliphatic carbocycles. The maximum atomic E-state index is 11.7. The molecule has 4 saturated carbocycles. The average molecular weight is 305 g/mol. The number of hydrogen-bond donors (Lipinski definition) is 0. The van der Waals surface area contributed by atoms with E-state index >= 15 is 0 Å². The van der Waals surface area contributed by atoms with Gasteiger partial charge in [0.05, 0.1) is 18.3 Å². The first kappa shape index (κ1) is 13.7. The van der Waals surface area contributed by atoms with Gasteiger partial charge >= 0.3 is 5.97 Å². The van der Waals surface area contributed by atoms with Gasteiger partial charge in [0.25, 0.3) is 0 Å². The van der Waals surface area contributed by atoms with Crippen LogP contribution >= 0.6 is 11.3 Å². The maximum absolute atomic E-state index is 11.7.